The maximum atomic E-state index is 12.2. The van der Waals surface area contributed by atoms with Crippen LogP contribution in [0.2, 0.25) is 0 Å². The highest BCUT2D eigenvalue weighted by Gasteiger charge is 2.54. The quantitative estimate of drug-likeness (QED) is 0.204. The van der Waals surface area contributed by atoms with Crippen molar-refractivity contribution < 1.29 is 61.9 Å². The molecule has 0 spiro atoms. The van der Waals surface area contributed by atoms with Gasteiger partial charge in [0.2, 0.25) is 12.4 Å². The number of hydrogen-bond donors (Lipinski definition) is 0. The van der Waals surface area contributed by atoms with Gasteiger partial charge in [0.25, 0.3) is 0 Å². The average Bonchev–Trinajstić information content (AvgIpc) is 2.88. The molecule has 1 rings (SSSR count). The van der Waals surface area contributed by atoms with Gasteiger partial charge in [0.15, 0.2) is 12.2 Å². The van der Waals surface area contributed by atoms with E-state index in [-0.39, 0.29) is 25.7 Å². The van der Waals surface area contributed by atoms with Gasteiger partial charge < -0.3 is 33.2 Å². The molecule has 1 saturated heterocycles. The van der Waals surface area contributed by atoms with Gasteiger partial charge >= 0.3 is 35.8 Å². The van der Waals surface area contributed by atoms with Gasteiger partial charge in [-0.1, -0.05) is 27.7 Å². The molecule has 0 bridgehead atoms. The molecule has 1 heterocycles. The lowest BCUT2D eigenvalue weighted by molar-refractivity contribution is -0.301. The number of methoxy groups -OCH3 is 1. The van der Waals surface area contributed by atoms with Crippen LogP contribution in [0.1, 0.15) is 53.4 Å². The first kappa shape index (κ1) is 30.6. The third-order valence-electron chi connectivity index (χ3n) is 4.74. The van der Waals surface area contributed by atoms with Crippen LogP contribution >= 0.6 is 0 Å². The van der Waals surface area contributed by atoms with Crippen LogP contribution in [0.15, 0.2) is 12.2 Å². The summed E-state index contributed by atoms with van der Waals surface area (Å²) in [5.74, 6) is -4.65. The molecule has 1 aliphatic rings. The number of hydrogen-bond acceptors (Lipinski definition) is 13. The van der Waals surface area contributed by atoms with Gasteiger partial charge in [-0.25, -0.2) is 9.59 Å². The third-order valence-corrected chi connectivity index (χ3v) is 4.74. The molecule has 0 aromatic heterocycles. The summed E-state index contributed by atoms with van der Waals surface area (Å²) in [6, 6.07) is 0. The molecule has 13 heteroatoms. The van der Waals surface area contributed by atoms with Crippen LogP contribution in [-0.2, 0) is 61.9 Å². The van der Waals surface area contributed by atoms with E-state index < -0.39 is 73.1 Å². The standard InChI is InChI=1S/C23H32O13/c1-6-14(24)33-20-13(12-31-19(29)11-10-18(28)30-5)32-23(36-17(27)9-4)22(35-16(26)8-3)21(20)34-15(25)7-2/h10-11,13,20-23H,6-9,12H2,1-5H3/b11-10+/t13-,20-,21+,22-,23+/m1/s1. The van der Waals surface area contributed by atoms with Crippen LogP contribution in [0.25, 0.3) is 0 Å². The van der Waals surface area contributed by atoms with E-state index in [0.29, 0.717) is 0 Å². The molecular formula is C23H32O13. The van der Waals surface area contributed by atoms with Crippen LogP contribution in [0.5, 0.6) is 0 Å². The smallest absolute Gasteiger partial charge is 0.331 e. The lowest BCUT2D eigenvalue weighted by atomic mass is 9.98. The predicted molar refractivity (Wildman–Crippen MR) is 118 cm³/mol. The minimum absolute atomic E-state index is 0.0556. The number of carbonyl (C=O) groups excluding carboxylic acids is 6. The largest absolute Gasteiger partial charge is 0.466 e. The molecule has 5 atom stereocenters. The van der Waals surface area contributed by atoms with Crippen molar-refractivity contribution in [1.82, 2.24) is 0 Å². The molecule has 1 aliphatic heterocycles. The zero-order valence-corrected chi connectivity index (χ0v) is 20.9. The SMILES string of the molecule is CCC(=O)O[C@@H]1O[C@H](COC(=O)/C=C/C(=O)OC)[C@@H](OC(=O)CC)[C@H](OC(=O)CC)[C@H]1OC(=O)CC. The Hall–Kier alpha value is -3.48. The molecule has 0 N–H and O–H groups in total. The summed E-state index contributed by atoms with van der Waals surface area (Å²) in [6.45, 7) is 5.51. The van der Waals surface area contributed by atoms with E-state index in [1.807, 2.05) is 0 Å². The van der Waals surface area contributed by atoms with Crippen LogP contribution in [-0.4, -0.2) is 80.2 Å². The summed E-state index contributed by atoms with van der Waals surface area (Å²) >= 11 is 0. The third kappa shape index (κ3) is 9.64. The van der Waals surface area contributed by atoms with Crippen LogP contribution in [0.3, 0.4) is 0 Å². The fourth-order valence-corrected chi connectivity index (χ4v) is 2.84. The molecule has 0 aromatic carbocycles. The molecule has 1 fully saturated rings. The topological polar surface area (TPSA) is 167 Å². The monoisotopic (exact) mass is 516 g/mol. The Balaban J connectivity index is 3.37. The van der Waals surface area contributed by atoms with E-state index in [1.165, 1.54) is 27.7 Å². The number of ether oxygens (including phenoxy) is 7. The summed E-state index contributed by atoms with van der Waals surface area (Å²) in [4.78, 5) is 71.8. The second kappa shape index (κ2) is 15.5. The Morgan fingerprint density at radius 3 is 1.58 bits per heavy atom. The maximum Gasteiger partial charge on any atom is 0.331 e. The molecular weight excluding hydrogens is 484 g/mol. The Morgan fingerprint density at radius 2 is 1.08 bits per heavy atom. The summed E-state index contributed by atoms with van der Waals surface area (Å²) in [6.07, 6.45) is -5.85. The van der Waals surface area contributed by atoms with E-state index >= 15 is 0 Å². The molecule has 36 heavy (non-hydrogen) atoms. The molecule has 0 radical (unpaired) electrons. The van der Waals surface area contributed by atoms with Gasteiger partial charge in [0, 0.05) is 37.8 Å². The first-order valence-corrected chi connectivity index (χ1v) is 11.5. The fraction of sp³-hybridized carbons (Fsp3) is 0.652. The summed E-state index contributed by atoms with van der Waals surface area (Å²) in [5.41, 5.74) is 0. The fourth-order valence-electron chi connectivity index (χ4n) is 2.84. The summed E-state index contributed by atoms with van der Waals surface area (Å²) in [5, 5.41) is 0. The molecule has 0 amide bonds. The lowest BCUT2D eigenvalue weighted by Gasteiger charge is -2.43. The Labute approximate surface area is 208 Å². The highest BCUT2D eigenvalue weighted by molar-refractivity contribution is 5.91. The zero-order chi connectivity index (χ0) is 27.3. The van der Waals surface area contributed by atoms with Crippen molar-refractivity contribution in [3.05, 3.63) is 12.2 Å². The maximum absolute atomic E-state index is 12.2. The van der Waals surface area contributed by atoms with Crippen molar-refractivity contribution in [2.45, 2.75) is 84.1 Å². The molecule has 0 unspecified atom stereocenters. The molecule has 13 nitrogen and oxygen atoms in total. The van der Waals surface area contributed by atoms with Crippen molar-refractivity contribution in [3.8, 4) is 0 Å². The van der Waals surface area contributed by atoms with Crippen LogP contribution < -0.4 is 0 Å². The number of rotatable bonds is 12. The first-order chi connectivity index (χ1) is 17.1. The molecule has 0 aliphatic carbocycles. The van der Waals surface area contributed by atoms with Gasteiger partial charge in [-0.05, 0) is 0 Å². The molecule has 0 aromatic rings. The minimum Gasteiger partial charge on any atom is -0.466 e. The summed E-state index contributed by atoms with van der Waals surface area (Å²) in [7, 11) is 1.12. The van der Waals surface area contributed by atoms with Gasteiger partial charge in [-0.2, -0.15) is 0 Å². The highest BCUT2D eigenvalue weighted by Crippen LogP contribution is 2.30. The van der Waals surface area contributed by atoms with Crippen molar-refractivity contribution in [1.29, 1.82) is 0 Å². The second-order valence-electron chi connectivity index (χ2n) is 7.30. The molecule has 0 saturated carbocycles. The van der Waals surface area contributed by atoms with E-state index in [1.54, 1.807) is 0 Å². The number of esters is 6. The Kier molecular flexibility index (Phi) is 13.2. The predicted octanol–water partition coefficient (Wildman–Crippen LogP) is 0.902. The van der Waals surface area contributed by atoms with E-state index in [2.05, 4.69) is 4.74 Å². The Bertz CT molecular complexity index is 834. The van der Waals surface area contributed by atoms with Crippen molar-refractivity contribution in [2.75, 3.05) is 13.7 Å². The van der Waals surface area contributed by atoms with Crippen molar-refractivity contribution >= 4 is 35.8 Å². The van der Waals surface area contributed by atoms with Gasteiger partial charge in [-0.3, -0.25) is 19.2 Å². The minimum atomic E-state index is -1.58. The lowest BCUT2D eigenvalue weighted by Crippen LogP contribution is -2.63. The van der Waals surface area contributed by atoms with Crippen LogP contribution in [0, 0.1) is 0 Å². The average molecular weight is 516 g/mol. The van der Waals surface area contributed by atoms with E-state index in [0.717, 1.165) is 19.3 Å². The highest BCUT2D eigenvalue weighted by atomic mass is 16.7. The van der Waals surface area contributed by atoms with Gasteiger partial charge in [0.05, 0.1) is 7.11 Å². The normalized spacial score (nSPS) is 23.3. The van der Waals surface area contributed by atoms with Crippen LogP contribution in [0.4, 0.5) is 0 Å². The van der Waals surface area contributed by atoms with E-state index in [4.69, 9.17) is 28.4 Å². The number of carbonyl (C=O) groups is 6. The molecule has 202 valence electrons. The van der Waals surface area contributed by atoms with Gasteiger partial charge in [-0.15, -0.1) is 0 Å². The summed E-state index contributed by atoms with van der Waals surface area (Å²) < 4.78 is 36.7. The Morgan fingerprint density at radius 1 is 0.639 bits per heavy atom. The van der Waals surface area contributed by atoms with Crippen molar-refractivity contribution in [3.63, 3.8) is 0 Å². The van der Waals surface area contributed by atoms with Gasteiger partial charge in [0.1, 0.15) is 12.7 Å². The zero-order valence-electron chi connectivity index (χ0n) is 20.9. The second-order valence-corrected chi connectivity index (χ2v) is 7.30. The van der Waals surface area contributed by atoms with E-state index in [9.17, 15) is 28.8 Å². The van der Waals surface area contributed by atoms with Crippen molar-refractivity contribution in [2.24, 2.45) is 0 Å². The first-order valence-electron chi connectivity index (χ1n) is 11.5.